The van der Waals surface area contributed by atoms with Crippen LogP contribution in [0.3, 0.4) is 0 Å². The molecule has 0 radical (unpaired) electrons. The summed E-state index contributed by atoms with van der Waals surface area (Å²) in [5, 5.41) is 8.27. The van der Waals surface area contributed by atoms with E-state index in [-0.39, 0.29) is 0 Å². The summed E-state index contributed by atoms with van der Waals surface area (Å²) in [6.45, 7) is 1.62. The highest BCUT2D eigenvalue weighted by Crippen LogP contribution is 2.13. The summed E-state index contributed by atoms with van der Waals surface area (Å²) in [6, 6.07) is 11.5. The first-order chi connectivity index (χ1) is 9.83. The molecule has 1 aliphatic rings. The Bertz CT molecular complexity index is 628. The molecule has 0 saturated carbocycles. The molecule has 1 aromatic carbocycles. The highest BCUT2D eigenvalue weighted by Gasteiger charge is 2.09. The van der Waals surface area contributed by atoms with Gasteiger partial charge in [-0.3, -0.25) is 0 Å². The van der Waals surface area contributed by atoms with Gasteiger partial charge in [0.1, 0.15) is 5.71 Å². The zero-order valence-electron chi connectivity index (χ0n) is 10.7. The lowest BCUT2D eigenvalue weighted by Crippen LogP contribution is -2.31. The van der Waals surface area contributed by atoms with Gasteiger partial charge < -0.3 is 10.3 Å². The number of halogens is 1. The lowest BCUT2D eigenvalue weighted by atomic mass is 10.1. The zero-order valence-corrected chi connectivity index (χ0v) is 11.5. The van der Waals surface area contributed by atoms with E-state index in [2.05, 4.69) is 25.8 Å². The van der Waals surface area contributed by atoms with Gasteiger partial charge in [0.25, 0.3) is 0 Å². The van der Waals surface area contributed by atoms with Crippen LogP contribution in [0.4, 0.5) is 0 Å². The Hall–Kier alpha value is -2.27. The molecule has 0 unspecified atom stereocenters. The van der Waals surface area contributed by atoms with Crippen LogP contribution in [0.15, 0.2) is 52.7 Å². The number of benzene rings is 1. The Labute approximate surface area is 121 Å². The Balaban J connectivity index is 1.91. The number of H-pyrrole nitrogens is 1. The summed E-state index contributed by atoms with van der Waals surface area (Å²) in [7, 11) is 0. The van der Waals surface area contributed by atoms with Crippen LogP contribution in [-0.2, 0) is 0 Å². The van der Waals surface area contributed by atoms with Crippen LogP contribution >= 0.6 is 11.6 Å². The van der Waals surface area contributed by atoms with Crippen LogP contribution in [0.1, 0.15) is 11.3 Å². The predicted molar refractivity (Wildman–Crippen MR) is 81.3 cm³/mol. The van der Waals surface area contributed by atoms with Gasteiger partial charge in [-0.2, -0.15) is 5.10 Å². The van der Waals surface area contributed by atoms with Gasteiger partial charge >= 0.3 is 0 Å². The van der Waals surface area contributed by atoms with Crippen molar-refractivity contribution in [2.75, 3.05) is 13.1 Å². The molecule has 20 heavy (non-hydrogen) atoms. The molecule has 2 aromatic rings. The monoisotopic (exact) mass is 287 g/mol. The summed E-state index contributed by atoms with van der Waals surface area (Å²) < 4.78 is 0. The van der Waals surface area contributed by atoms with Crippen LogP contribution in [0, 0.1) is 0 Å². The van der Waals surface area contributed by atoms with E-state index < -0.39 is 0 Å². The van der Waals surface area contributed by atoms with Crippen molar-refractivity contribution in [2.45, 2.75) is 0 Å². The normalized spacial score (nSPS) is 14.8. The zero-order chi connectivity index (χ0) is 13.8. The molecular formula is C14H14ClN5. The summed E-state index contributed by atoms with van der Waals surface area (Å²) in [5.41, 5.74) is 5.67. The van der Waals surface area contributed by atoms with E-state index in [9.17, 15) is 0 Å². The first kappa shape index (κ1) is 12.7. The minimum Gasteiger partial charge on any atom is -0.360 e. The number of nitrogens with one attached hydrogen (secondary N) is 3. The van der Waals surface area contributed by atoms with Crippen LogP contribution in [0.2, 0.25) is 5.02 Å². The second-order valence-electron chi connectivity index (χ2n) is 4.32. The molecule has 0 fully saturated rings. The molecule has 1 aliphatic heterocycles. The molecule has 3 N–H and O–H groups in total. The Kier molecular flexibility index (Phi) is 3.69. The van der Waals surface area contributed by atoms with Gasteiger partial charge in [0.15, 0.2) is 0 Å². The van der Waals surface area contributed by atoms with Crippen LogP contribution in [0.5, 0.6) is 0 Å². The molecule has 0 bridgehead atoms. The van der Waals surface area contributed by atoms with Crippen LogP contribution in [-0.4, -0.2) is 29.7 Å². The fourth-order valence-corrected chi connectivity index (χ4v) is 2.07. The Morgan fingerprint density at radius 1 is 1.25 bits per heavy atom. The summed E-state index contributed by atoms with van der Waals surface area (Å²) >= 11 is 5.93. The summed E-state index contributed by atoms with van der Waals surface area (Å²) in [4.78, 5) is 7.41. The third kappa shape index (κ3) is 2.83. The third-order valence-corrected chi connectivity index (χ3v) is 3.17. The first-order valence-electron chi connectivity index (χ1n) is 6.34. The van der Waals surface area contributed by atoms with Crippen LogP contribution < -0.4 is 10.7 Å². The molecule has 5 nitrogen and oxygen atoms in total. The quantitative estimate of drug-likeness (QED) is 0.597. The maximum Gasteiger partial charge on any atom is 0.212 e. The third-order valence-electron chi connectivity index (χ3n) is 2.92. The lowest BCUT2D eigenvalue weighted by Gasteiger charge is -2.07. The average Bonchev–Trinajstić information content (AvgIpc) is 3.14. The smallest absolute Gasteiger partial charge is 0.212 e. The lowest BCUT2D eigenvalue weighted by molar-refractivity contribution is 0.917. The van der Waals surface area contributed by atoms with Crippen molar-refractivity contribution in [1.82, 2.24) is 15.7 Å². The first-order valence-corrected chi connectivity index (χ1v) is 6.72. The number of aromatic nitrogens is 1. The van der Waals surface area contributed by atoms with E-state index in [4.69, 9.17) is 11.6 Å². The largest absolute Gasteiger partial charge is 0.360 e. The van der Waals surface area contributed by atoms with Gasteiger partial charge in [-0.15, -0.1) is 0 Å². The van der Waals surface area contributed by atoms with E-state index in [0.717, 1.165) is 30.1 Å². The second kappa shape index (κ2) is 5.79. The minimum atomic E-state index is 0.697. The van der Waals surface area contributed by atoms with Gasteiger partial charge in [-0.25, -0.2) is 10.4 Å². The van der Waals surface area contributed by atoms with Crippen molar-refractivity contribution in [1.29, 1.82) is 0 Å². The SMILES string of the molecule is Clc1ccc(C(=NNC2=NCCN2)c2ccc[nH]2)cc1. The average molecular weight is 288 g/mol. The van der Waals surface area contributed by atoms with Crippen molar-refractivity contribution in [3.05, 3.63) is 58.9 Å². The summed E-state index contributed by atoms with van der Waals surface area (Å²) in [5.74, 6) is 0.697. The van der Waals surface area contributed by atoms with Crippen molar-refractivity contribution in [3.63, 3.8) is 0 Å². The summed E-state index contributed by atoms with van der Waals surface area (Å²) in [6.07, 6.45) is 1.87. The number of aliphatic imine (C=N–C) groups is 1. The number of hydrogen-bond donors (Lipinski definition) is 3. The second-order valence-corrected chi connectivity index (χ2v) is 4.76. The number of rotatable bonds is 3. The standard InChI is InChI=1S/C14H14ClN5/c15-11-5-3-10(4-6-11)13(12-2-1-7-16-12)19-20-14-17-8-9-18-14/h1-7,16H,8-9H2,(H2,17,18,20). The molecule has 1 aromatic heterocycles. The molecular weight excluding hydrogens is 274 g/mol. The number of guanidine groups is 1. The number of hydrogen-bond acceptors (Lipinski definition) is 4. The fraction of sp³-hybridized carbons (Fsp3) is 0.143. The number of hydrazone groups is 1. The van der Waals surface area contributed by atoms with Crippen molar-refractivity contribution in [3.8, 4) is 0 Å². The molecule has 0 saturated heterocycles. The molecule has 0 aliphatic carbocycles. The number of nitrogens with zero attached hydrogens (tertiary/aromatic N) is 2. The fourth-order valence-electron chi connectivity index (χ4n) is 1.95. The number of aromatic amines is 1. The highest BCUT2D eigenvalue weighted by atomic mass is 35.5. The highest BCUT2D eigenvalue weighted by molar-refractivity contribution is 6.30. The molecule has 0 amide bonds. The van der Waals surface area contributed by atoms with Gasteiger partial charge in [0.05, 0.1) is 12.2 Å². The van der Waals surface area contributed by atoms with Gasteiger partial charge in [0.2, 0.25) is 5.96 Å². The maximum absolute atomic E-state index is 5.93. The topological polar surface area (TPSA) is 64.6 Å². The van der Waals surface area contributed by atoms with E-state index in [1.165, 1.54) is 0 Å². The molecule has 3 rings (SSSR count). The molecule has 0 spiro atoms. The van der Waals surface area contributed by atoms with E-state index in [1.54, 1.807) is 0 Å². The van der Waals surface area contributed by atoms with Gasteiger partial charge in [-0.05, 0) is 24.3 Å². The maximum atomic E-state index is 5.93. The van der Waals surface area contributed by atoms with Gasteiger partial charge in [0, 0.05) is 23.3 Å². The van der Waals surface area contributed by atoms with E-state index in [0.29, 0.717) is 11.0 Å². The van der Waals surface area contributed by atoms with E-state index in [1.807, 2.05) is 42.6 Å². The van der Waals surface area contributed by atoms with Gasteiger partial charge in [-0.1, -0.05) is 23.7 Å². The van der Waals surface area contributed by atoms with Crippen molar-refractivity contribution < 1.29 is 0 Å². The molecule has 2 heterocycles. The Morgan fingerprint density at radius 3 is 2.75 bits per heavy atom. The van der Waals surface area contributed by atoms with E-state index >= 15 is 0 Å². The van der Waals surface area contributed by atoms with Crippen molar-refractivity contribution in [2.24, 2.45) is 10.1 Å². The van der Waals surface area contributed by atoms with Crippen molar-refractivity contribution >= 4 is 23.3 Å². The molecule has 6 heteroatoms. The Morgan fingerprint density at radius 2 is 2.10 bits per heavy atom. The minimum absolute atomic E-state index is 0.697. The predicted octanol–water partition coefficient (Wildman–Crippen LogP) is 1.97. The molecule has 0 atom stereocenters. The molecule has 102 valence electrons. The van der Waals surface area contributed by atoms with Crippen LogP contribution in [0.25, 0.3) is 0 Å².